The highest BCUT2D eigenvalue weighted by Crippen LogP contribution is 2.59. The van der Waals surface area contributed by atoms with Crippen LogP contribution in [0.5, 0.6) is 0 Å². The minimum absolute atomic E-state index is 0.123. The molecule has 4 bridgehead atoms. The Labute approximate surface area is 110 Å². The van der Waals surface area contributed by atoms with Gasteiger partial charge in [0.2, 0.25) is 0 Å². The number of carbonyl (C=O) groups excluding carboxylic acids is 1. The second-order valence-corrected chi connectivity index (χ2v) is 7.77. The van der Waals surface area contributed by atoms with Crippen molar-refractivity contribution in [2.45, 2.75) is 57.4 Å². The van der Waals surface area contributed by atoms with Crippen molar-refractivity contribution in [3.63, 3.8) is 0 Å². The molecule has 0 aromatic heterocycles. The van der Waals surface area contributed by atoms with Gasteiger partial charge in [-0.2, -0.15) is 0 Å². The number of piperidine rings is 1. The molecular formula is C16H25NO. The summed E-state index contributed by atoms with van der Waals surface area (Å²) in [5, 5.41) is 3.73. The van der Waals surface area contributed by atoms with E-state index in [-0.39, 0.29) is 5.54 Å². The van der Waals surface area contributed by atoms with Crippen molar-refractivity contribution in [1.29, 1.82) is 0 Å². The Morgan fingerprint density at radius 2 is 1.67 bits per heavy atom. The van der Waals surface area contributed by atoms with Crippen molar-refractivity contribution in [2.75, 3.05) is 6.54 Å². The molecule has 4 saturated carbocycles. The Kier molecular flexibility index (Phi) is 2.43. The van der Waals surface area contributed by atoms with Gasteiger partial charge in [-0.05, 0) is 68.6 Å². The molecule has 0 aromatic carbocycles. The molecular weight excluding hydrogens is 222 g/mol. The fraction of sp³-hybridized carbons (Fsp3) is 0.938. The van der Waals surface area contributed by atoms with Crippen molar-refractivity contribution in [1.82, 2.24) is 5.32 Å². The van der Waals surface area contributed by atoms with Crippen LogP contribution in [0.2, 0.25) is 0 Å². The van der Waals surface area contributed by atoms with Crippen LogP contribution in [0, 0.1) is 29.6 Å². The number of hydrogen-bond acceptors (Lipinski definition) is 2. The lowest BCUT2D eigenvalue weighted by atomic mass is 9.48. The third-order valence-corrected chi connectivity index (χ3v) is 6.46. The van der Waals surface area contributed by atoms with Gasteiger partial charge in [-0.15, -0.1) is 0 Å². The first kappa shape index (κ1) is 11.5. The molecule has 5 aliphatic rings. The van der Waals surface area contributed by atoms with E-state index >= 15 is 0 Å². The SMILES string of the molecule is CC1(C2C3CC4CC(C3)CC2C4)CC(=O)CCN1. The van der Waals surface area contributed by atoms with Gasteiger partial charge in [-0.25, -0.2) is 0 Å². The van der Waals surface area contributed by atoms with Crippen LogP contribution in [0.3, 0.4) is 0 Å². The third-order valence-electron chi connectivity index (χ3n) is 6.46. The summed E-state index contributed by atoms with van der Waals surface area (Å²) in [6.07, 6.45) is 8.91. The smallest absolute Gasteiger partial charge is 0.136 e. The van der Waals surface area contributed by atoms with E-state index in [1.54, 1.807) is 0 Å². The highest BCUT2D eigenvalue weighted by molar-refractivity contribution is 5.80. The largest absolute Gasteiger partial charge is 0.310 e. The molecule has 0 spiro atoms. The number of rotatable bonds is 1. The zero-order valence-corrected chi connectivity index (χ0v) is 11.5. The first-order chi connectivity index (χ1) is 8.64. The second kappa shape index (κ2) is 3.82. The Morgan fingerprint density at radius 3 is 2.22 bits per heavy atom. The summed E-state index contributed by atoms with van der Waals surface area (Å²) in [7, 11) is 0. The molecule has 4 aliphatic carbocycles. The fourth-order valence-electron chi connectivity index (χ4n) is 6.25. The molecule has 5 fully saturated rings. The predicted molar refractivity (Wildman–Crippen MR) is 71.2 cm³/mol. The average Bonchev–Trinajstić information content (AvgIpc) is 2.26. The summed E-state index contributed by atoms with van der Waals surface area (Å²) >= 11 is 0. The molecule has 2 nitrogen and oxygen atoms in total. The molecule has 0 radical (unpaired) electrons. The zero-order chi connectivity index (χ0) is 12.3. The van der Waals surface area contributed by atoms with E-state index < -0.39 is 0 Å². The molecule has 1 heterocycles. The van der Waals surface area contributed by atoms with Crippen LogP contribution in [-0.4, -0.2) is 17.9 Å². The van der Waals surface area contributed by atoms with Gasteiger partial charge >= 0.3 is 0 Å². The quantitative estimate of drug-likeness (QED) is 0.772. The van der Waals surface area contributed by atoms with Crippen LogP contribution in [0.15, 0.2) is 0 Å². The maximum absolute atomic E-state index is 11.9. The molecule has 0 aromatic rings. The Hall–Kier alpha value is -0.370. The van der Waals surface area contributed by atoms with Crippen LogP contribution in [0.25, 0.3) is 0 Å². The van der Waals surface area contributed by atoms with Gasteiger partial charge in [-0.1, -0.05) is 0 Å². The Morgan fingerprint density at radius 1 is 1.06 bits per heavy atom. The molecule has 1 saturated heterocycles. The fourth-order valence-corrected chi connectivity index (χ4v) is 6.25. The van der Waals surface area contributed by atoms with Gasteiger partial charge < -0.3 is 5.32 Å². The Bertz CT molecular complexity index is 349. The van der Waals surface area contributed by atoms with Gasteiger partial charge in [0, 0.05) is 24.9 Å². The molecule has 1 N–H and O–H groups in total. The standard InChI is InChI=1S/C16H25NO/c1-16(9-14(18)2-3-17-16)15-12-5-10-4-11(7-12)8-13(15)6-10/h10-13,15,17H,2-9H2,1H3. The highest BCUT2D eigenvalue weighted by atomic mass is 16.1. The van der Waals surface area contributed by atoms with E-state index in [4.69, 9.17) is 0 Å². The lowest BCUT2D eigenvalue weighted by molar-refractivity contribution is -0.127. The maximum Gasteiger partial charge on any atom is 0.136 e. The van der Waals surface area contributed by atoms with Crippen molar-refractivity contribution in [3.05, 3.63) is 0 Å². The van der Waals surface area contributed by atoms with Gasteiger partial charge in [0.15, 0.2) is 0 Å². The molecule has 1 unspecified atom stereocenters. The lowest BCUT2D eigenvalue weighted by Crippen LogP contribution is -2.62. The van der Waals surface area contributed by atoms with E-state index in [1.807, 2.05) is 0 Å². The summed E-state index contributed by atoms with van der Waals surface area (Å²) in [5.41, 5.74) is 0.123. The van der Waals surface area contributed by atoms with Crippen LogP contribution in [-0.2, 0) is 4.79 Å². The van der Waals surface area contributed by atoms with Crippen LogP contribution in [0.4, 0.5) is 0 Å². The molecule has 1 aliphatic heterocycles. The van der Waals surface area contributed by atoms with Gasteiger partial charge in [0.05, 0.1) is 0 Å². The van der Waals surface area contributed by atoms with Gasteiger partial charge in [-0.3, -0.25) is 4.79 Å². The van der Waals surface area contributed by atoms with E-state index in [9.17, 15) is 4.79 Å². The summed E-state index contributed by atoms with van der Waals surface area (Å²) in [5.74, 6) is 5.19. The number of Topliss-reactive ketones (excluding diaryl/α,β-unsaturated/α-hetero) is 1. The number of ketones is 1. The lowest BCUT2D eigenvalue weighted by Gasteiger charge is -2.60. The van der Waals surface area contributed by atoms with Crippen LogP contribution < -0.4 is 5.32 Å². The predicted octanol–water partition coefficient (Wildman–Crippen LogP) is 2.77. The normalized spacial score (nSPS) is 54.9. The maximum atomic E-state index is 11.9. The number of carbonyl (C=O) groups is 1. The van der Waals surface area contributed by atoms with Crippen LogP contribution >= 0.6 is 0 Å². The van der Waals surface area contributed by atoms with E-state index in [1.165, 1.54) is 32.1 Å². The van der Waals surface area contributed by atoms with Gasteiger partial charge in [0.1, 0.15) is 5.78 Å². The molecule has 1 atom stereocenters. The molecule has 2 heteroatoms. The minimum atomic E-state index is 0.123. The van der Waals surface area contributed by atoms with Crippen molar-refractivity contribution in [3.8, 4) is 0 Å². The topological polar surface area (TPSA) is 29.1 Å². The molecule has 0 amide bonds. The summed E-state index contributed by atoms with van der Waals surface area (Å²) in [4.78, 5) is 11.9. The second-order valence-electron chi connectivity index (χ2n) is 7.77. The summed E-state index contributed by atoms with van der Waals surface area (Å²) in [6, 6.07) is 0. The molecule has 18 heavy (non-hydrogen) atoms. The molecule has 5 rings (SSSR count). The summed E-state index contributed by atoms with van der Waals surface area (Å²) < 4.78 is 0. The monoisotopic (exact) mass is 247 g/mol. The van der Waals surface area contributed by atoms with Crippen molar-refractivity contribution >= 4 is 5.78 Å². The number of nitrogens with one attached hydrogen (secondary N) is 1. The zero-order valence-electron chi connectivity index (χ0n) is 11.5. The third kappa shape index (κ3) is 1.61. The Balaban J connectivity index is 1.62. The van der Waals surface area contributed by atoms with Crippen molar-refractivity contribution in [2.24, 2.45) is 29.6 Å². The van der Waals surface area contributed by atoms with Gasteiger partial charge in [0.25, 0.3) is 0 Å². The summed E-state index contributed by atoms with van der Waals surface area (Å²) in [6.45, 7) is 3.26. The van der Waals surface area contributed by atoms with Crippen LogP contribution in [0.1, 0.15) is 51.9 Å². The van der Waals surface area contributed by atoms with Crippen molar-refractivity contribution < 1.29 is 4.79 Å². The minimum Gasteiger partial charge on any atom is -0.310 e. The number of hydrogen-bond donors (Lipinski definition) is 1. The first-order valence-electron chi connectivity index (χ1n) is 7.91. The van der Waals surface area contributed by atoms with E-state index in [2.05, 4.69) is 12.2 Å². The highest BCUT2D eigenvalue weighted by Gasteiger charge is 2.54. The average molecular weight is 247 g/mol. The molecule has 100 valence electrons. The first-order valence-corrected chi connectivity index (χ1v) is 7.91. The van der Waals surface area contributed by atoms with E-state index in [0.29, 0.717) is 5.78 Å². The van der Waals surface area contributed by atoms with E-state index in [0.717, 1.165) is 49.0 Å².